The molecule has 100 valence electrons. The molecule has 19 heavy (non-hydrogen) atoms. The van der Waals surface area contributed by atoms with E-state index >= 15 is 0 Å². The summed E-state index contributed by atoms with van der Waals surface area (Å²) < 4.78 is 1.66. The van der Waals surface area contributed by atoms with Crippen LogP contribution in [0.15, 0.2) is 30.5 Å². The lowest BCUT2D eigenvalue weighted by Gasteiger charge is -1.99. The average Bonchev–Trinajstić information content (AvgIpc) is 2.83. The predicted octanol–water partition coefficient (Wildman–Crippen LogP) is 1.91. The minimum Gasteiger partial charge on any atom is -0.507 e. The number of carboxylic acids is 1. The Morgan fingerprint density at radius 1 is 1.26 bits per heavy atom. The highest BCUT2D eigenvalue weighted by molar-refractivity contribution is 5.66. The van der Waals surface area contributed by atoms with E-state index < -0.39 is 5.97 Å². The number of phenolic OH excluding ortho intramolecular Hbond substituents is 1. The zero-order valence-electron chi connectivity index (χ0n) is 10.4. The molecule has 0 spiro atoms. The van der Waals surface area contributed by atoms with Crippen LogP contribution in [0.5, 0.6) is 5.75 Å². The molecule has 0 amide bonds. The van der Waals surface area contributed by atoms with Gasteiger partial charge in [-0.3, -0.25) is 9.48 Å². The van der Waals surface area contributed by atoms with Gasteiger partial charge in [0, 0.05) is 18.5 Å². The van der Waals surface area contributed by atoms with Crippen LogP contribution in [0, 0.1) is 0 Å². The van der Waals surface area contributed by atoms with Crippen molar-refractivity contribution in [3.8, 4) is 17.0 Å². The number of rotatable bonds is 6. The van der Waals surface area contributed by atoms with Crippen molar-refractivity contribution in [1.29, 1.82) is 0 Å². The molecule has 0 aliphatic rings. The summed E-state index contributed by atoms with van der Waals surface area (Å²) in [5, 5.41) is 26.2. The number of nitrogens with zero attached hydrogens (tertiary/aromatic N) is 3. The second-order valence-corrected chi connectivity index (χ2v) is 4.23. The van der Waals surface area contributed by atoms with E-state index in [0.717, 1.165) is 6.42 Å². The standard InChI is InChI=1S/C13H15N3O3/c17-12-6-2-1-5-10(12)11-9-16(15-14-11)8-4-3-7-13(18)19/h1-2,5-6,9,17H,3-4,7-8H2,(H,18,19). The Kier molecular flexibility index (Phi) is 4.12. The Hall–Kier alpha value is -2.37. The number of phenols is 1. The van der Waals surface area contributed by atoms with Crippen LogP contribution in [-0.4, -0.2) is 31.2 Å². The summed E-state index contributed by atoms with van der Waals surface area (Å²) in [7, 11) is 0. The first-order chi connectivity index (χ1) is 9.16. The van der Waals surface area contributed by atoms with Crippen molar-refractivity contribution < 1.29 is 15.0 Å². The molecule has 0 fully saturated rings. The summed E-state index contributed by atoms with van der Waals surface area (Å²) in [6.07, 6.45) is 3.26. The zero-order valence-corrected chi connectivity index (χ0v) is 10.4. The third-order valence-electron chi connectivity index (χ3n) is 2.75. The summed E-state index contributed by atoms with van der Waals surface area (Å²) in [6, 6.07) is 6.94. The van der Waals surface area contributed by atoms with Crippen LogP contribution in [0.4, 0.5) is 0 Å². The van der Waals surface area contributed by atoms with Crippen LogP contribution in [0.25, 0.3) is 11.3 Å². The van der Waals surface area contributed by atoms with Gasteiger partial charge in [0.25, 0.3) is 0 Å². The topological polar surface area (TPSA) is 88.2 Å². The van der Waals surface area contributed by atoms with Gasteiger partial charge in [-0.05, 0) is 25.0 Å². The molecule has 1 aromatic carbocycles. The van der Waals surface area contributed by atoms with Crippen molar-refractivity contribution in [2.45, 2.75) is 25.8 Å². The van der Waals surface area contributed by atoms with E-state index in [1.807, 2.05) is 6.07 Å². The number of aliphatic carboxylic acids is 1. The number of unbranched alkanes of at least 4 members (excludes halogenated alkanes) is 1. The Labute approximate surface area is 110 Å². The third-order valence-corrected chi connectivity index (χ3v) is 2.75. The number of aromatic hydroxyl groups is 1. The monoisotopic (exact) mass is 261 g/mol. The lowest BCUT2D eigenvalue weighted by atomic mass is 10.1. The van der Waals surface area contributed by atoms with Crippen LogP contribution in [0.1, 0.15) is 19.3 Å². The molecule has 0 unspecified atom stereocenters. The molecule has 0 radical (unpaired) electrons. The molecule has 0 saturated heterocycles. The molecule has 2 rings (SSSR count). The van der Waals surface area contributed by atoms with Crippen LogP contribution < -0.4 is 0 Å². The van der Waals surface area contributed by atoms with E-state index in [9.17, 15) is 9.90 Å². The smallest absolute Gasteiger partial charge is 0.303 e. The van der Waals surface area contributed by atoms with Crippen molar-refractivity contribution in [3.63, 3.8) is 0 Å². The lowest BCUT2D eigenvalue weighted by molar-refractivity contribution is -0.137. The van der Waals surface area contributed by atoms with Crippen molar-refractivity contribution in [2.75, 3.05) is 0 Å². The second kappa shape index (κ2) is 5.99. The molecular weight excluding hydrogens is 246 g/mol. The highest BCUT2D eigenvalue weighted by Gasteiger charge is 2.07. The van der Waals surface area contributed by atoms with Gasteiger partial charge in [-0.2, -0.15) is 0 Å². The number of aryl methyl sites for hydroxylation is 1. The SMILES string of the molecule is O=C(O)CCCCn1cc(-c2ccccc2O)nn1. The quantitative estimate of drug-likeness (QED) is 0.775. The van der Waals surface area contributed by atoms with Crippen molar-refractivity contribution in [3.05, 3.63) is 30.5 Å². The second-order valence-electron chi connectivity index (χ2n) is 4.23. The fourth-order valence-corrected chi connectivity index (χ4v) is 1.77. The molecule has 1 heterocycles. The summed E-state index contributed by atoms with van der Waals surface area (Å²) in [6.45, 7) is 0.619. The Morgan fingerprint density at radius 2 is 2.05 bits per heavy atom. The van der Waals surface area contributed by atoms with E-state index in [1.165, 1.54) is 0 Å². The maximum absolute atomic E-state index is 10.4. The molecule has 6 heteroatoms. The summed E-state index contributed by atoms with van der Waals surface area (Å²) in [5.41, 5.74) is 1.25. The number of para-hydroxylation sites is 1. The highest BCUT2D eigenvalue weighted by atomic mass is 16.4. The average molecular weight is 261 g/mol. The highest BCUT2D eigenvalue weighted by Crippen LogP contribution is 2.26. The number of carboxylic acid groups (broad SMARTS) is 1. The Balaban J connectivity index is 1.96. The molecule has 2 N–H and O–H groups in total. The van der Waals surface area contributed by atoms with Gasteiger partial charge in [0.05, 0.1) is 6.20 Å². The minimum absolute atomic E-state index is 0.167. The van der Waals surface area contributed by atoms with Crippen LogP contribution >= 0.6 is 0 Å². The molecule has 1 aromatic heterocycles. The zero-order chi connectivity index (χ0) is 13.7. The molecule has 2 aromatic rings. The molecule has 0 atom stereocenters. The van der Waals surface area contributed by atoms with Crippen LogP contribution in [0.3, 0.4) is 0 Å². The van der Waals surface area contributed by atoms with Gasteiger partial charge in [0.15, 0.2) is 0 Å². The molecule has 6 nitrogen and oxygen atoms in total. The van der Waals surface area contributed by atoms with Gasteiger partial charge >= 0.3 is 5.97 Å². The van der Waals surface area contributed by atoms with Gasteiger partial charge < -0.3 is 10.2 Å². The Bertz CT molecular complexity index is 566. The summed E-state index contributed by atoms with van der Waals surface area (Å²) >= 11 is 0. The van der Waals surface area contributed by atoms with Gasteiger partial charge in [-0.25, -0.2) is 0 Å². The number of aromatic nitrogens is 3. The van der Waals surface area contributed by atoms with Gasteiger partial charge in [-0.1, -0.05) is 17.3 Å². The van der Waals surface area contributed by atoms with E-state index in [4.69, 9.17) is 5.11 Å². The number of carbonyl (C=O) groups is 1. The van der Waals surface area contributed by atoms with Crippen molar-refractivity contribution in [2.24, 2.45) is 0 Å². The summed E-state index contributed by atoms with van der Waals surface area (Å²) in [4.78, 5) is 10.4. The van der Waals surface area contributed by atoms with Gasteiger partial charge in [-0.15, -0.1) is 5.10 Å². The van der Waals surface area contributed by atoms with Gasteiger partial charge in [0.2, 0.25) is 0 Å². The first-order valence-electron chi connectivity index (χ1n) is 6.07. The molecule has 0 aliphatic carbocycles. The minimum atomic E-state index is -0.784. The molecular formula is C13H15N3O3. The third kappa shape index (κ3) is 3.54. The fraction of sp³-hybridized carbons (Fsp3) is 0.308. The Morgan fingerprint density at radius 3 is 2.79 bits per heavy atom. The van der Waals surface area contributed by atoms with Crippen molar-refractivity contribution in [1.82, 2.24) is 15.0 Å². The fourth-order valence-electron chi connectivity index (χ4n) is 1.77. The maximum atomic E-state index is 10.4. The van der Waals surface area contributed by atoms with Crippen LogP contribution in [0.2, 0.25) is 0 Å². The lowest BCUT2D eigenvalue weighted by Crippen LogP contribution is -2.00. The summed E-state index contributed by atoms with van der Waals surface area (Å²) in [5.74, 6) is -0.617. The predicted molar refractivity (Wildman–Crippen MR) is 68.6 cm³/mol. The van der Waals surface area contributed by atoms with Crippen molar-refractivity contribution >= 4 is 5.97 Å². The number of hydrogen-bond donors (Lipinski definition) is 2. The molecule has 0 saturated carbocycles. The van der Waals surface area contributed by atoms with Crippen LogP contribution in [-0.2, 0) is 11.3 Å². The maximum Gasteiger partial charge on any atom is 0.303 e. The van der Waals surface area contributed by atoms with Gasteiger partial charge in [0.1, 0.15) is 11.4 Å². The first kappa shape index (κ1) is 13.1. The molecule has 0 aliphatic heterocycles. The first-order valence-corrected chi connectivity index (χ1v) is 6.07. The number of benzene rings is 1. The normalized spacial score (nSPS) is 10.5. The van der Waals surface area contributed by atoms with E-state index in [1.54, 1.807) is 29.1 Å². The number of hydrogen-bond acceptors (Lipinski definition) is 4. The largest absolute Gasteiger partial charge is 0.507 e. The van der Waals surface area contributed by atoms with E-state index in [0.29, 0.717) is 24.2 Å². The molecule has 0 bridgehead atoms. The van der Waals surface area contributed by atoms with E-state index in [-0.39, 0.29) is 12.2 Å². The van der Waals surface area contributed by atoms with E-state index in [2.05, 4.69) is 10.3 Å².